The summed E-state index contributed by atoms with van der Waals surface area (Å²) in [5.41, 5.74) is 0. The first-order valence-electron chi connectivity index (χ1n) is 16.6. The van der Waals surface area contributed by atoms with Gasteiger partial charge in [0.2, 0.25) is 0 Å². The van der Waals surface area contributed by atoms with Gasteiger partial charge in [0, 0.05) is 0 Å². The number of carbonyl (C=O) groups is 1. The minimum atomic E-state index is -0.562. The van der Waals surface area contributed by atoms with Gasteiger partial charge in [-0.05, 0) is 38.5 Å². The Balaban J connectivity index is 3.43. The van der Waals surface area contributed by atoms with Crippen molar-refractivity contribution < 1.29 is 9.90 Å². The maximum atomic E-state index is 11.6. The molecule has 0 radical (unpaired) electrons. The first kappa shape index (κ1) is 35.2. The van der Waals surface area contributed by atoms with Crippen LogP contribution in [-0.2, 0) is 4.79 Å². The molecule has 0 fully saturated rings. The molecule has 1 N–H and O–H groups in total. The van der Waals surface area contributed by atoms with Crippen LogP contribution in [0.3, 0.4) is 0 Å². The predicted molar refractivity (Wildman–Crippen MR) is 161 cm³/mol. The quantitative estimate of drug-likeness (QED) is 0.0776. The van der Waals surface area contributed by atoms with Crippen molar-refractivity contribution in [3.8, 4) is 0 Å². The molecule has 0 aliphatic heterocycles. The summed E-state index contributed by atoms with van der Waals surface area (Å²) in [7, 11) is 0. The Bertz CT molecular complexity index is 456. The summed E-state index contributed by atoms with van der Waals surface area (Å²) in [5.74, 6) is -0.666. The molecule has 0 aromatic carbocycles. The lowest BCUT2D eigenvalue weighted by Gasteiger charge is -2.12. The standard InChI is InChI=1S/C34H66O2/c1-3-5-7-9-11-13-15-17-18-19-20-22-24-26-28-30-32-33(34(35)36)31-29-27-25-23-21-16-14-12-10-8-6-4-2/h13,15,33H,3-12,14,16-32H2,1-2H3,(H,35,36). The molecule has 0 rings (SSSR count). The highest BCUT2D eigenvalue weighted by molar-refractivity contribution is 5.69. The molecule has 0 aliphatic rings. The van der Waals surface area contributed by atoms with Crippen LogP contribution in [0.1, 0.15) is 194 Å². The number of hydrogen-bond donors (Lipinski definition) is 1. The largest absolute Gasteiger partial charge is 0.481 e. The normalized spacial score (nSPS) is 12.5. The van der Waals surface area contributed by atoms with E-state index in [1.165, 1.54) is 154 Å². The van der Waals surface area contributed by atoms with Gasteiger partial charge < -0.3 is 5.11 Å². The summed E-state index contributed by atoms with van der Waals surface area (Å²) >= 11 is 0. The number of allylic oxidation sites excluding steroid dienone is 2. The molecule has 0 aliphatic carbocycles. The van der Waals surface area contributed by atoms with Crippen molar-refractivity contribution in [2.75, 3.05) is 0 Å². The van der Waals surface area contributed by atoms with Crippen LogP contribution < -0.4 is 0 Å². The van der Waals surface area contributed by atoms with E-state index < -0.39 is 5.97 Å². The van der Waals surface area contributed by atoms with Gasteiger partial charge in [-0.15, -0.1) is 0 Å². The minimum absolute atomic E-state index is 0.104. The number of carboxylic acid groups (broad SMARTS) is 1. The Labute approximate surface area is 227 Å². The van der Waals surface area contributed by atoms with E-state index in [-0.39, 0.29) is 5.92 Å². The fourth-order valence-electron chi connectivity index (χ4n) is 5.26. The maximum Gasteiger partial charge on any atom is 0.306 e. The molecule has 0 aromatic rings. The molecule has 0 saturated heterocycles. The summed E-state index contributed by atoms with van der Waals surface area (Å²) in [5, 5.41) is 9.57. The number of hydrogen-bond acceptors (Lipinski definition) is 1. The highest BCUT2D eigenvalue weighted by Crippen LogP contribution is 2.20. The second kappa shape index (κ2) is 30.4. The molecule has 2 nitrogen and oxygen atoms in total. The van der Waals surface area contributed by atoms with Crippen molar-refractivity contribution in [3.63, 3.8) is 0 Å². The molecule has 1 unspecified atom stereocenters. The molecule has 0 amide bonds. The van der Waals surface area contributed by atoms with Crippen LogP contribution in [0.2, 0.25) is 0 Å². The molecule has 1 atom stereocenters. The fourth-order valence-corrected chi connectivity index (χ4v) is 5.26. The predicted octanol–water partition coefficient (Wildman–Crippen LogP) is 12.2. The zero-order chi connectivity index (χ0) is 26.4. The van der Waals surface area contributed by atoms with Gasteiger partial charge in [-0.2, -0.15) is 0 Å². The van der Waals surface area contributed by atoms with Gasteiger partial charge >= 0.3 is 5.97 Å². The number of unbranched alkanes of at least 4 members (excludes halogenated alkanes) is 23. The van der Waals surface area contributed by atoms with Gasteiger partial charge in [0.25, 0.3) is 0 Å². The summed E-state index contributed by atoms with van der Waals surface area (Å²) in [6.45, 7) is 4.55. The third-order valence-corrected chi connectivity index (χ3v) is 7.82. The molecule has 0 spiro atoms. The average molecular weight is 507 g/mol. The summed E-state index contributed by atoms with van der Waals surface area (Å²) in [6, 6.07) is 0. The first-order valence-corrected chi connectivity index (χ1v) is 16.6. The molecule has 36 heavy (non-hydrogen) atoms. The van der Waals surface area contributed by atoms with Crippen molar-refractivity contribution in [1.29, 1.82) is 0 Å². The molecule has 0 bridgehead atoms. The van der Waals surface area contributed by atoms with Crippen molar-refractivity contribution >= 4 is 5.97 Å². The monoisotopic (exact) mass is 507 g/mol. The Morgan fingerprint density at radius 2 is 0.750 bits per heavy atom. The van der Waals surface area contributed by atoms with Crippen LogP contribution in [-0.4, -0.2) is 11.1 Å². The third-order valence-electron chi connectivity index (χ3n) is 7.82. The zero-order valence-electron chi connectivity index (χ0n) is 24.9. The van der Waals surface area contributed by atoms with E-state index in [4.69, 9.17) is 0 Å². The lowest BCUT2D eigenvalue weighted by Crippen LogP contribution is -2.13. The molecule has 214 valence electrons. The summed E-state index contributed by atoms with van der Waals surface area (Å²) < 4.78 is 0. The van der Waals surface area contributed by atoms with Gasteiger partial charge in [-0.25, -0.2) is 0 Å². The van der Waals surface area contributed by atoms with Crippen molar-refractivity contribution in [3.05, 3.63) is 12.2 Å². The molecular weight excluding hydrogens is 440 g/mol. The lowest BCUT2D eigenvalue weighted by atomic mass is 9.94. The van der Waals surface area contributed by atoms with Crippen molar-refractivity contribution in [2.45, 2.75) is 194 Å². The number of aliphatic carboxylic acids is 1. The topological polar surface area (TPSA) is 37.3 Å². The van der Waals surface area contributed by atoms with E-state index in [2.05, 4.69) is 26.0 Å². The fraction of sp³-hybridized carbons (Fsp3) is 0.912. The van der Waals surface area contributed by atoms with Crippen LogP contribution in [0.4, 0.5) is 0 Å². The summed E-state index contributed by atoms with van der Waals surface area (Å²) in [6.07, 6.45) is 40.9. The Morgan fingerprint density at radius 3 is 1.08 bits per heavy atom. The highest BCUT2D eigenvalue weighted by Gasteiger charge is 2.16. The Kier molecular flexibility index (Phi) is 29.8. The van der Waals surface area contributed by atoms with E-state index in [1.807, 2.05) is 0 Å². The molecule has 0 aromatic heterocycles. The maximum absolute atomic E-state index is 11.6. The van der Waals surface area contributed by atoms with Crippen molar-refractivity contribution in [1.82, 2.24) is 0 Å². The average Bonchev–Trinajstić information content (AvgIpc) is 2.87. The second-order valence-corrected chi connectivity index (χ2v) is 11.4. The van der Waals surface area contributed by atoms with Crippen LogP contribution in [0.5, 0.6) is 0 Å². The van der Waals surface area contributed by atoms with E-state index in [9.17, 15) is 9.90 Å². The molecule has 2 heteroatoms. The summed E-state index contributed by atoms with van der Waals surface area (Å²) in [4.78, 5) is 11.6. The third kappa shape index (κ3) is 27.8. The number of carboxylic acids is 1. The van der Waals surface area contributed by atoms with Crippen LogP contribution in [0.25, 0.3) is 0 Å². The van der Waals surface area contributed by atoms with Crippen LogP contribution >= 0.6 is 0 Å². The molecular formula is C34H66O2. The van der Waals surface area contributed by atoms with Crippen LogP contribution in [0, 0.1) is 5.92 Å². The zero-order valence-corrected chi connectivity index (χ0v) is 24.9. The lowest BCUT2D eigenvalue weighted by molar-refractivity contribution is -0.142. The van der Waals surface area contributed by atoms with Crippen molar-refractivity contribution in [2.24, 2.45) is 5.92 Å². The Morgan fingerprint density at radius 1 is 0.472 bits per heavy atom. The Hall–Kier alpha value is -0.790. The second-order valence-electron chi connectivity index (χ2n) is 11.4. The molecule has 0 saturated carbocycles. The van der Waals surface area contributed by atoms with E-state index in [0.29, 0.717) is 0 Å². The SMILES string of the molecule is CCCCCCC=CCCCCCCCCCCC(CCCCCCCCCCCCCC)C(=O)O. The van der Waals surface area contributed by atoms with E-state index >= 15 is 0 Å². The van der Waals surface area contributed by atoms with Crippen LogP contribution in [0.15, 0.2) is 12.2 Å². The smallest absolute Gasteiger partial charge is 0.306 e. The van der Waals surface area contributed by atoms with Gasteiger partial charge in [-0.3, -0.25) is 4.79 Å². The van der Waals surface area contributed by atoms with E-state index in [1.54, 1.807) is 0 Å². The van der Waals surface area contributed by atoms with Gasteiger partial charge in [-0.1, -0.05) is 167 Å². The minimum Gasteiger partial charge on any atom is -0.481 e. The van der Waals surface area contributed by atoms with Gasteiger partial charge in [0.05, 0.1) is 5.92 Å². The van der Waals surface area contributed by atoms with Gasteiger partial charge in [0.1, 0.15) is 0 Å². The molecule has 0 heterocycles. The van der Waals surface area contributed by atoms with Gasteiger partial charge in [0.15, 0.2) is 0 Å². The first-order chi connectivity index (χ1) is 17.7. The number of rotatable bonds is 30. The highest BCUT2D eigenvalue weighted by atomic mass is 16.4. The van der Waals surface area contributed by atoms with E-state index in [0.717, 1.165) is 25.7 Å².